The molecule has 0 aliphatic carbocycles. The Kier molecular flexibility index (Phi) is 4.41. The summed E-state index contributed by atoms with van der Waals surface area (Å²) < 4.78 is 11.9. The number of rotatable bonds is 6. The maximum atomic E-state index is 9.83. The molecule has 1 aromatic heterocycles. The number of benzene rings is 1. The molecule has 0 radical (unpaired) electrons. The van der Waals surface area contributed by atoms with Crippen molar-refractivity contribution in [1.29, 1.82) is 0 Å². The van der Waals surface area contributed by atoms with Crippen LogP contribution in [0.1, 0.15) is 11.4 Å². The molecular formula is C13H18N4O3. The van der Waals surface area contributed by atoms with Crippen LogP contribution in [-0.2, 0) is 20.1 Å². The number of nitrogens with zero attached hydrogens (tertiary/aromatic N) is 3. The summed E-state index contributed by atoms with van der Waals surface area (Å²) >= 11 is 0. The molecule has 7 nitrogen and oxygen atoms in total. The van der Waals surface area contributed by atoms with Crippen LogP contribution in [0.2, 0.25) is 0 Å². The minimum absolute atomic E-state index is 0.00476. The van der Waals surface area contributed by atoms with E-state index in [0.29, 0.717) is 24.6 Å². The first-order valence-electron chi connectivity index (χ1n) is 6.13. The molecule has 0 unspecified atom stereocenters. The molecule has 0 aliphatic rings. The summed E-state index contributed by atoms with van der Waals surface area (Å²) in [7, 11) is 4.83. The fourth-order valence-electron chi connectivity index (χ4n) is 1.83. The van der Waals surface area contributed by atoms with Crippen molar-refractivity contribution in [1.82, 2.24) is 20.1 Å². The van der Waals surface area contributed by atoms with Crippen LogP contribution < -0.4 is 14.8 Å². The summed E-state index contributed by atoms with van der Waals surface area (Å²) in [5.74, 6) is 1.50. The number of aromatic nitrogens is 3. The predicted molar refractivity (Wildman–Crippen MR) is 72.8 cm³/mol. The number of methoxy groups -OCH3 is 2. The number of phenols is 1. The van der Waals surface area contributed by atoms with E-state index in [-0.39, 0.29) is 5.75 Å². The highest BCUT2D eigenvalue weighted by molar-refractivity contribution is 5.52. The lowest BCUT2D eigenvalue weighted by Gasteiger charge is -2.11. The van der Waals surface area contributed by atoms with Crippen LogP contribution in [0.15, 0.2) is 18.5 Å². The smallest absolute Gasteiger partial charge is 0.200 e. The number of phenolic OH excluding ortho intramolecular Hbond substituents is 1. The Morgan fingerprint density at radius 2 is 1.85 bits per heavy atom. The molecule has 1 heterocycles. The van der Waals surface area contributed by atoms with Crippen molar-refractivity contribution >= 4 is 0 Å². The molecule has 1 aromatic carbocycles. The third-order valence-electron chi connectivity index (χ3n) is 2.80. The molecule has 0 saturated heterocycles. The van der Waals surface area contributed by atoms with Gasteiger partial charge >= 0.3 is 0 Å². The fourth-order valence-corrected chi connectivity index (χ4v) is 1.83. The van der Waals surface area contributed by atoms with E-state index in [0.717, 1.165) is 11.4 Å². The SMILES string of the molecule is COc1cc(CNCc2ncn(C)n2)cc(OC)c1O. The number of ether oxygens (including phenoxy) is 2. The highest BCUT2D eigenvalue weighted by Gasteiger charge is 2.11. The van der Waals surface area contributed by atoms with Gasteiger partial charge in [0.15, 0.2) is 17.3 Å². The molecule has 2 rings (SSSR count). The molecule has 0 aliphatic heterocycles. The topological polar surface area (TPSA) is 81.4 Å². The molecule has 0 fully saturated rings. The molecular weight excluding hydrogens is 260 g/mol. The lowest BCUT2D eigenvalue weighted by Crippen LogP contribution is -2.14. The van der Waals surface area contributed by atoms with Gasteiger partial charge in [0.2, 0.25) is 5.75 Å². The normalized spacial score (nSPS) is 10.6. The van der Waals surface area contributed by atoms with E-state index >= 15 is 0 Å². The Morgan fingerprint density at radius 3 is 2.35 bits per heavy atom. The number of hydrogen-bond donors (Lipinski definition) is 2. The first-order chi connectivity index (χ1) is 9.63. The summed E-state index contributed by atoms with van der Waals surface area (Å²) in [6.07, 6.45) is 1.66. The summed E-state index contributed by atoms with van der Waals surface area (Å²) in [6, 6.07) is 3.52. The number of aromatic hydroxyl groups is 1. The molecule has 0 amide bonds. The van der Waals surface area contributed by atoms with Gasteiger partial charge in [0, 0.05) is 13.6 Å². The largest absolute Gasteiger partial charge is 0.502 e. The first-order valence-corrected chi connectivity index (χ1v) is 6.13. The summed E-state index contributed by atoms with van der Waals surface area (Å²) in [5, 5.41) is 17.2. The lowest BCUT2D eigenvalue weighted by molar-refractivity contribution is 0.339. The Labute approximate surface area is 117 Å². The fraction of sp³-hybridized carbons (Fsp3) is 0.385. The molecule has 0 saturated carbocycles. The van der Waals surface area contributed by atoms with Gasteiger partial charge in [-0.3, -0.25) is 4.68 Å². The Morgan fingerprint density at radius 1 is 1.20 bits per heavy atom. The van der Waals surface area contributed by atoms with Gasteiger partial charge in [-0.15, -0.1) is 0 Å². The van der Waals surface area contributed by atoms with Gasteiger partial charge in [0.1, 0.15) is 6.33 Å². The maximum absolute atomic E-state index is 9.83. The zero-order valence-corrected chi connectivity index (χ0v) is 11.8. The minimum atomic E-state index is 0.00476. The summed E-state index contributed by atoms with van der Waals surface area (Å²) in [4.78, 5) is 4.13. The molecule has 0 spiro atoms. The Balaban J connectivity index is 2.02. The van der Waals surface area contributed by atoms with Crippen LogP contribution in [0.5, 0.6) is 17.2 Å². The highest BCUT2D eigenvalue weighted by Crippen LogP contribution is 2.36. The van der Waals surface area contributed by atoms with Crippen molar-refractivity contribution < 1.29 is 14.6 Å². The zero-order chi connectivity index (χ0) is 14.5. The van der Waals surface area contributed by atoms with Crippen molar-refractivity contribution in [3.8, 4) is 17.2 Å². The van der Waals surface area contributed by atoms with Gasteiger partial charge < -0.3 is 19.9 Å². The van der Waals surface area contributed by atoms with Crippen LogP contribution in [0.25, 0.3) is 0 Å². The molecule has 0 bridgehead atoms. The number of aryl methyl sites for hydroxylation is 1. The van der Waals surface area contributed by atoms with Crippen LogP contribution in [0, 0.1) is 0 Å². The van der Waals surface area contributed by atoms with Crippen molar-refractivity contribution in [2.24, 2.45) is 7.05 Å². The van der Waals surface area contributed by atoms with Crippen LogP contribution >= 0.6 is 0 Å². The predicted octanol–water partition coefficient (Wildman–Crippen LogP) is 0.828. The van der Waals surface area contributed by atoms with E-state index in [1.165, 1.54) is 14.2 Å². The standard InChI is InChI=1S/C13H18N4O3/c1-17-8-15-12(16-17)7-14-6-9-4-10(19-2)13(18)11(5-9)20-3/h4-5,8,14,18H,6-7H2,1-3H3. The van der Waals surface area contributed by atoms with E-state index in [4.69, 9.17) is 9.47 Å². The third kappa shape index (κ3) is 3.18. The van der Waals surface area contributed by atoms with Crippen molar-refractivity contribution in [2.45, 2.75) is 13.1 Å². The quantitative estimate of drug-likeness (QED) is 0.814. The Hall–Kier alpha value is -2.28. The van der Waals surface area contributed by atoms with Gasteiger partial charge in [0.25, 0.3) is 0 Å². The number of hydrogen-bond acceptors (Lipinski definition) is 6. The molecule has 2 aromatic rings. The van der Waals surface area contributed by atoms with E-state index in [9.17, 15) is 5.11 Å². The average Bonchev–Trinajstić information content (AvgIpc) is 2.86. The molecule has 20 heavy (non-hydrogen) atoms. The van der Waals surface area contributed by atoms with E-state index < -0.39 is 0 Å². The van der Waals surface area contributed by atoms with Crippen molar-refractivity contribution in [2.75, 3.05) is 14.2 Å². The van der Waals surface area contributed by atoms with E-state index in [1.807, 2.05) is 7.05 Å². The lowest BCUT2D eigenvalue weighted by atomic mass is 10.2. The molecule has 108 valence electrons. The Bertz CT molecular complexity index is 558. The van der Waals surface area contributed by atoms with E-state index in [1.54, 1.807) is 23.1 Å². The summed E-state index contributed by atoms with van der Waals surface area (Å²) in [5.41, 5.74) is 0.937. The van der Waals surface area contributed by atoms with Crippen molar-refractivity contribution in [3.63, 3.8) is 0 Å². The van der Waals surface area contributed by atoms with Gasteiger partial charge in [0.05, 0.1) is 20.8 Å². The second kappa shape index (κ2) is 6.25. The van der Waals surface area contributed by atoms with Gasteiger partial charge in [-0.1, -0.05) is 0 Å². The molecule has 7 heteroatoms. The van der Waals surface area contributed by atoms with Crippen molar-refractivity contribution in [3.05, 3.63) is 29.8 Å². The highest BCUT2D eigenvalue weighted by atomic mass is 16.5. The maximum Gasteiger partial charge on any atom is 0.200 e. The second-order valence-corrected chi connectivity index (χ2v) is 4.29. The third-order valence-corrected chi connectivity index (χ3v) is 2.80. The van der Waals surface area contributed by atoms with Gasteiger partial charge in [-0.2, -0.15) is 5.10 Å². The minimum Gasteiger partial charge on any atom is -0.502 e. The molecule has 0 atom stereocenters. The average molecular weight is 278 g/mol. The van der Waals surface area contributed by atoms with Gasteiger partial charge in [-0.05, 0) is 17.7 Å². The van der Waals surface area contributed by atoms with Crippen LogP contribution in [-0.4, -0.2) is 34.1 Å². The first kappa shape index (κ1) is 14.1. The van der Waals surface area contributed by atoms with E-state index in [2.05, 4.69) is 15.4 Å². The monoisotopic (exact) mass is 278 g/mol. The summed E-state index contributed by atoms with van der Waals surface area (Å²) in [6.45, 7) is 1.15. The second-order valence-electron chi connectivity index (χ2n) is 4.29. The zero-order valence-electron chi connectivity index (χ0n) is 11.8. The number of nitrogens with one attached hydrogen (secondary N) is 1. The van der Waals surface area contributed by atoms with Crippen LogP contribution in [0.3, 0.4) is 0 Å². The van der Waals surface area contributed by atoms with Gasteiger partial charge in [-0.25, -0.2) is 4.98 Å². The van der Waals surface area contributed by atoms with Crippen LogP contribution in [0.4, 0.5) is 0 Å². The molecule has 2 N–H and O–H groups in total.